The third kappa shape index (κ3) is 4.83. The Morgan fingerprint density at radius 1 is 1.32 bits per heavy atom. The zero-order valence-corrected chi connectivity index (χ0v) is 13.9. The highest BCUT2D eigenvalue weighted by atomic mass is 35.5. The van der Waals surface area contributed by atoms with Crippen LogP contribution in [0.2, 0.25) is 5.02 Å². The molecule has 0 radical (unpaired) electrons. The second-order valence-electron chi connectivity index (χ2n) is 5.65. The Kier molecular flexibility index (Phi) is 6.43. The van der Waals surface area contributed by atoms with Gasteiger partial charge in [-0.25, -0.2) is 0 Å². The number of piperazine rings is 1. The predicted octanol–water partition coefficient (Wildman–Crippen LogP) is 2.15. The summed E-state index contributed by atoms with van der Waals surface area (Å²) in [4.78, 5) is 16.6. The summed E-state index contributed by atoms with van der Waals surface area (Å²) in [5.41, 5.74) is 1.27. The first-order valence-corrected chi connectivity index (χ1v) is 8.07. The molecule has 0 aliphatic carbocycles. The molecule has 120 valence electrons. The van der Waals surface area contributed by atoms with Gasteiger partial charge in [0.25, 0.3) is 0 Å². The predicted molar refractivity (Wildman–Crippen MR) is 91.0 cm³/mol. The van der Waals surface area contributed by atoms with Crippen LogP contribution in [-0.2, 0) is 11.3 Å². The van der Waals surface area contributed by atoms with Crippen LogP contribution in [0.15, 0.2) is 36.9 Å². The third-order valence-electron chi connectivity index (χ3n) is 4.07. The van der Waals surface area contributed by atoms with Gasteiger partial charge in [-0.05, 0) is 24.6 Å². The number of carbonyl (C=O) groups is 1. The fraction of sp³-hybridized carbons (Fsp3) is 0.471. The van der Waals surface area contributed by atoms with Crippen LogP contribution in [0.5, 0.6) is 0 Å². The fourth-order valence-electron chi connectivity index (χ4n) is 2.64. The fourth-order valence-corrected chi connectivity index (χ4v) is 2.77. The molecule has 1 aromatic rings. The number of hydrogen-bond acceptors (Lipinski definition) is 3. The van der Waals surface area contributed by atoms with Crippen LogP contribution in [0.3, 0.4) is 0 Å². The van der Waals surface area contributed by atoms with Crippen molar-refractivity contribution in [2.45, 2.75) is 19.5 Å². The van der Waals surface area contributed by atoms with Gasteiger partial charge < -0.3 is 5.32 Å². The number of halogens is 1. The standard InChI is InChI=1S/C17H24ClN3O/c1-3-8-19-17(22)14(2)21-11-9-20(10-12-21)13-15-4-6-16(18)7-5-15/h3-7,14H,1,8-13H2,2H3,(H,19,22). The lowest BCUT2D eigenvalue weighted by atomic mass is 10.1. The van der Waals surface area contributed by atoms with Crippen LogP contribution in [0, 0.1) is 0 Å². The van der Waals surface area contributed by atoms with E-state index >= 15 is 0 Å². The molecule has 2 rings (SSSR count). The molecule has 1 fully saturated rings. The van der Waals surface area contributed by atoms with Crippen LogP contribution in [0.4, 0.5) is 0 Å². The summed E-state index contributed by atoms with van der Waals surface area (Å²) < 4.78 is 0. The van der Waals surface area contributed by atoms with Gasteiger partial charge in [0, 0.05) is 44.3 Å². The lowest BCUT2D eigenvalue weighted by molar-refractivity contribution is -0.126. The zero-order chi connectivity index (χ0) is 15.9. The highest BCUT2D eigenvalue weighted by molar-refractivity contribution is 6.30. The van der Waals surface area contributed by atoms with E-state index in [0.717, 1.165) is 37.7 Å². The van der Waals surface area contributed by atoms with Gasteiger partial charge in [-0.15, -0.1) is 6.58 Å². The molecule has 0 saturated carbocycles. The number of benzene rings is 1. The van der Waals surface area contributed by atoms with E-state index in [1.54, 1.807) is 6.08 Å². The van der Waals surface area contributed by atoms with Crippen molar-refractivity contribution in [3.05, 3.63) is 47.5 Å². The van der Waals surface area contributed by atoms with E-state index in [1.165, 1.54) is 5.56 Å². The van der Waals surface area contributed by atoms with E-state index in [9.17, 15) is 4.79 Å². The number of carbonyl (C=O) groups excluding carboxylic acids is 1. The minimum Gasteiger partial charge on any atom is -0.351 e. The van der Waals surface area contributed by atoms with Gasteiger partial charge in [-0.3, -0.25) is 14.6 Å². The summed E-state index contributed by atoms with van der Waals surface area (Å²) in [6.45, 7) is 10.8. The molecule has 1 saturated heterocycles. The molecule has 1 N–H and O–H groups in total. The molecule has 5 heteroatoms. The van der Waals surface area contributed by atoms with Gasteiger partial charge in [0.05, 0.1) is 6.04 Å². The maximum absolute atomic E-state index is 12.0. The van der Waals surface area contributed by atoms with Crippen LogP contribution >= 0.6 is 11.6 Å². The van der Waals surface area contributed by atoms with E-state index in [0.29, 0.717) is 6.54 Å². The maximum Gasteiger partial charge on any atom is 0.237 e. The Balaban J connectivity index is 1.78. The van der Waals surface area contributed by atoms with Gasteiger partial charge in [0.1, 0.15) is 0 Å². The summed E-state index contributed by atoms with van der Waals surface area (Å²) in [6, 6.07) is 7.91. The number of nitrogens with one attached hydrogen (secondary N) is 1. The minimum absolute atomic E-state index is 0.0750. The molecule has 1 aliphatic heterocycles. The van der Waals surface area contributed by atoms with Crippen molar-refractivity contribution in [2.75, 3.05) is 32.7 Å². The SMILES string of the molecule is C=CCNC(=O)C(C)N1CCN(Cc2ccc(Cl)cc2)CC1. The molecule has 1 unspecified atom stereocenters. The lowest BCUT2D eigenvalue weighted by Crippen LogP contribution is -2.53. The van der Waals surface area contributed by atoms with Crippen molar-refractivity contribution >= 4 is 17.5 Å². The van der Waals surface area contributed by atoms with Gasteiger partial charge in [-0.2, -0.15) is 0 Å². The second-order valence-corrected chi connectivity index (χ2v) is 6.08. The Hall–Kier alpha value is -1.36. The highest BCUT2D eigenvalue weighted by Crippen LogP contribution is 2.13. The zero-order valence-electron chi connectivity index (χ0n) is 13.1. The molecule has 1 amide bonds. The first-order valence-electron chi connectivity index (χ1n) is 7.69. The lowest BCUT2D eigenvalue weighted by Gasteiger charge is -2.37. The molecule has 4 nitrogen and oxygen atoms in total. The molecule has 1 aliphatic rings. The molecule has 1 aromatic carbocycles. The summed E-state index contributed by atoms with van der Waals surface area (Å²) in [7, 11) is 0. The van der Waals surface area contributed by atoms with Crippen molar-refractivity contribution < 1.29 is 4.79 Å². The number of amides is 1. The number of rotatable bonds is 6. The molecule has 0 aromatic heterocycles. The van der Waals surface area contributed by atoms with Crippen molar-refractivity contribution in [3.8, 4) is 0 Å². The largest absolute Gasteiger partial charge is 0.351 e. The van der Waals surface area contributed by atoms with Gasteiger partial charge in [0.2, 0.25) is 5.91 Å². The van der Waals surface area contributed by atoms with Gasteiger partial charge in [0.15, 0.2) is 0 Å². The molecule has 1 atom stereocenters. The van der Waals surface area contributed by atoms with E-state index in [-0.39, 0.29) is 11.9 Å². The summed E-state index contributed by atoms with van der Waals surface area (Å²) >= 11 is 5.91. The summed E-state index contributed by atoms with van der Waals surface area (Å²) in [5.74, 6) is 0.0750. The Morgan fingerprint density at radius 3 is 2.55 bits per heavy atom. The Morgan fingerprint density at radius 2 is 1.95 bits per heavy atom. The first kappa shape index (κ1) is 17.0. The third-order valence-corrected chi connectivity index (χ3v) is 4.33. The molecule has 22 heavy (non-hydrogen) atoms. The quantitative estimate of drug-likeness (QED) is 0.816. The highest BCUT2D eigenvalue weighted by Gasteiger charge is 2.25. The van der Waals surface area contributed by atoms with Crippen molar-refractivity contribution in [3.63, 3.8) is 0 Å². The minimum atomic E-state index is -0.0855. The topological polar surface area (TPSA) is 35.6 Å². The maximum atomic E-state index is 12.0. The van der Waals surface area contributed by atoms with E-state index in [4.69, 9.17) is 11.6 Å². The number of nitrogens with zero attached hydrogens (tertiary/aromatic N) is 2. The average molecular weight is 322 g/mol. The Labute approximate surface area is 137 Å². The molecular weight excluding hydrogens is 298 g/mol. The monoisotopic (exact) mass is 321 g/mol. The molecule has 0 bridgehead atoms. The molecule has 0 spiro atoms. The van der Waals surface area contributed by atoms with Crippen molar-refractivity contribution in [1.82, 2.24) is 15.1 Å². The smallest absolute Gasteiger partial charge is 0.237 e. The summed E-state index contributed by atoms with van der Waals surface area (Å²) in [6.07, 6.45) is 1.70. The number of hydrogen-bond donors (Lipinski definition) is 1. The van der Waals surface area contributed by atoms with Crippen LogP contribution in [-0.4, -0.2) is 54.5 Å². The van der Waals surface area contributed by atoms with Gasteiger partial charge >= 0.3 is 0 Å². The van der Waals surface area contributed by atoms with Crippen LogP contribution in [0.25, 0.3) is 0 Å². The summed E-state index contributed by atoms with van der Waals surface area (Å²) in [5, 5.41) is 3.63. The molecular formula is C17H24ClN3O. The molecule has 1 heterocycles. The van der Waals surface area contributed by atoms with E-state index in [2.05, 4.69) is 33.8 Å². The first-order chi connectivity index (χ1) is 10.6. The van der Waals surface area contributed by atoms with E-state index in [1.807, 2.05) is 19.1 Å². The Bertz CT molecular complexity index is 495. The van der Waals surface area contributed by atoms with Crippen LogP contribution in [0.1, 0.15) is 12.5 Å². The van der Waals surface area contributed by atoms with Crippen LogP contribution < -0.4 is 5.32 Å². The van der Waals surface area contributed by atoms with Crippen molar-refractivity contribution in [1.29, 1.82) is 0 Å². The average Bonchev–Trinajstić information content (AvgIpc) is 2.55. The van der Waals surface area contributed by atoms with Crippen molar-refractivity contribution in [2.24, 2.45) is 0 Å². The second kappa shape index (κ2) is 8.32. The van der Waals surface area contributed by atoms with Gasteiger partial charge in [-0.1, -0.05) is 29.8 Å². The van der Waals surface area contributed by atoms with E-state index < -0.39 is 0 Å². The normalized spacial score (nSPS) is 17.9.